The number of nitrogens with one attached hydrogen (secondary N) is 1. The van der Waals surface area contributed by atoms with E-state index in [9.17, 15) is 18.0 Å². The Morgan fingerprint density at radius 2 is 1.68 bits per heavy atom. The summed E-state index contributed by atoms with van der Waals surface area (Å²) in [5, 5.41) is 21.3. The molecule has 0 saturated carbocycles. The predicted molar refractivity (Wildman–Crippen MR) is 152 cm³/mol. The molecular weight excluding hydrogens is 548 g/mol. The molecule has 1 N–H and O–H groups in total. The lowest BCUT2D eigenvalue weighted by atomic mass is 10.0. The third-order valence-corrected chi connectivity index (χ3v) is 10.4. The number of hydrogen-bond donors (Lipinski definition) is 1. The molecular formula is C28H34N6O4S2. The Morgan fingerprint density at radius 3 is 2.25 bits per heavy atom. The lowest BCUT2D eigenvalue weighted by Crippen LogP contribution is -2.36. The van der Waals surface area contributed by atoms with Crippen molar-refractivity contribution in [2.24, 2.45) is 0 Å². The molecule has 0 spiro atoms. The molecule has 12 heteroatoms. The van der Waals surface area contributed by atoms with E-state index in [2.05, 4.69) is 24.1 Å². The fourth-order valence-corrected chi connectivity index (χ4v) is 7.76. The average molecular weight is 583 g/mol. The van der Waals surface area contributed by atoms with Gasteiger partial charge in [0.25, 0.3) is 11.8 Å². The Balaban J connectivity index is 1.58. The minimum atomic E-state index is -3.94. The van der Waals surface area contributed by atoms with E-state index in [1.165, 1.54) is 35.6 Å². The van der Waals surface area contributed by atoms with Crippen molar-refractivity contribution in [3.05, 3.63) is 45.8 Å². The first-order valence-electron chi connectivity index (χ1n) is 13.5. The van der Waals surface area contributed by atoms with Crippen molar-refractivity contribution in [3.8, 4) is 12.1 Å². The smallest absolute Gasteiger partial charge is 0.257 e. The number of benzene rings is 1. The lowest BCUT2D eigenvalue weighted by molar-refractivity contribution is 0.0792. The summed E-state index contributed by atoms with van der Waals surface area (Å²) in [7, 11) is -3.94. The zero-order valence-corrected chi connectivity index (χ0v) is 24.5. The quantitative estimate of drug-likeness (QED) is 0.449. The molecule has 1 fully saturated rings. The van der Waals surface area contributed by atoms with E-state index in [-0.39, 0.29) is 42.3 Å². The third-order valence-electron chi connectivity index (χ3n) is 7.35. The maximum atomic E-state index is 13.6. The number of hydrogen-bond acceptors (Lipinski definition) is 8. The Bertz CT molecular complexity index is 1410. The van der Waals surface area contributed by atoms with Crippen LogP contribution in [-0.4, -0.2) is 73.1 Å². The van der Waals surface area contributed by atoms with Crippen molar-refractivity contribution in [3.63, 3.8) is 0 Å². The molecule has 1 aromatic heterocycles. The molecule has 4 rings (SSSR count). The van der Waals surface area contributed by atoms with E-state index < -0.39 is 15.9 Å². The molecule has 1 saturated heterocycles. The van der Waals surface area contributed by atoms with Gasteiger partial charge in [0.15, 0.2) is 0 Å². The molecule has 2 aliphatic rings. The minimum Gasteiger partial charge on any atom is -0.339 e. The second-order valence-corrected chi connectivity index (χ2v) is 13.3. The predicted octanol–water partition coefficient (Wildman–Crippen LogP) is 3.82. The maximum absolute atomic E-state index is 13.6. The van der Waals surface area contributed by atoms with Gasteiger partial charge in [-0.15, -0.1) is 11.3 Å². The fraction of sp³-hybridized carbons (Fsp3) is 0.500. The van der Waals surface area contributed by atoms with Gasteiger partial charge in [-0.25, -0.2) is 8.42 Å². The molecule has 10 nitrogen and oxygen atoms in total. The summed E-state index contributed by atoms with van der Waals surface area (Å²) in [6.45, 7) is 7.26. The van der Waals surface area contributed by atoms with Crippen LogP contribution in [0.4, 0.5) is 5.00 Å². The number of sulfonamides is 1. The van der Waals surface area contributed by atoms with Gasteiger partial charge in [0, 0.05) is 68.6 Å². The maximum Gasteiger partial charge on any atom is 0.257 e. The molecule has 0 aliphatic carbocycles. The number of nitriles is 2. The van der Waals surface area contributed by atoms with Gasteiger partial charge in [-0.05, 0) is 62.9 Å². The molecule has 0 unspecified atom stereocenters. The van der Waals surface area contributed by atoms with Crippen LogP contribution in [0.15, 0.2) is 29.2 Å². The van der Waals surface area contributed by atoms with Gasteiger partial charge in [-0.3, -0.25) is 14.5 Å². The van der Waals surface area contributed by atoms with E-state index in [1.54, 1.807) is 0 Å². The van der Waals surface area contributed by atoms with E-state index in [1.807, 2.05) is 17.0 Å². The average Bonchev–Trinajstić information content (AvgIpc) is 3.60. The van der Waals surface area contributed by atoms with Gasteiger partial charge in [-0.2, -0.15) is 14.8 Å². The number of thiophene rings is 1. The number of likely N-dealkylation sites (tertiary alicyclic amines) is 1. The molecule has 1 aromatic carbocycles. The van der Waals surface area contributed by atoms with Crippen molar-refractivity contribution in [2.75, 3.05) is 38.0 Å². The summed E-state index contributed by atoms with van der Waals surface area (Å²) in [5.41, 5.74) is 1.86. The normalized spacial score (nSPS) is 15.6. The Labute approximate surface area is 239 Å². The molecule has 212 valence electrons. The Hall–Kier alpha value is -3.29. The van der Waals surface area contributed by atoms with Gasteiger partial charge < -0.3 is 10.2 Å². The van der Waals surface area contributed by atoms with Gasteiger partial charge in [-0.1, -0.05) is 0 Å². The van der Waals surface area contributed by atoms with Crippen molar-refractivity contribution >= 4 is 38.2 Å². The zero-order valence-electron chi connectivity index (χ0n) is 22.9. The Morgan fingerprint density at radius 1 is 1.05 bits per heavy atom. The standard InChI is InChI=1S/C28H34N6O4S2/c1-20(2)33-18-11-23-24(19-33)39-27(25(23)28(36)32-14-3-4-15-32)31-26(35)21-7-9-22(10-8-21)40(37,38)34(16-5-12-29)17-6-13-30/h7-10,20H,3-6,11,14-19H2,1-2H3,(H,31,35). The van der Waals surface area contributed by atoms with Crippen LogP contribution in [0.2, 0.25) is 0 Å². The van der Waals surface area contributed by atoms with E-state index >= 15 is 0 Å². The van der Waals surface area contributed by atoms with E-state index in [0.29, 0.717) is 29.7 Å². The molecule has 40 heavy (non-hydrogen) atoms. The molecule has 3 heterocycles. The van der Waals surface area contributed by atoms with Crippen LogP contribution in [0.3, 0.4) is 0 Å². The highest BCUT2D eigenvalue weighted by Crippen LogP contribution is 2.39. The van der Waals surface area contributed by atoms with Crippen LogP contribution in [0.5, 0.6) is 0 Å². The van der Waals surface area contributed by atoms with Gasteiger partial charge in [0.2, 0.25) is 10.0 Å². The minimum absolute atomic E-state index is 0.00332. The van der Waals surface area contributed by atoms with Crippen molar-refractivity contribution in [2.45, 2.75) is 63.4 Å². The number of amides is 2. The molecule has 0 atom stereocenters. The third kappa shape index (κ3) is 6.37. The zero-order chi connectivity index (χ0) is 28.9. The SMILES string of the molecule is CC(C)N1CCc2c(sc(NC(=O)c3ccc(S(=O)(=O)N(CCC#N)CCC#N)cc3)c2C(=O)N2CCCC2)C1. The summed E-state index contributed by atoms with van der Waals surface area (Å²) in [4.78, 5) is 32.1. The molecule has 0 bridgehead atoms. The monoisotopic (exact) mass is 582 g/mol. The largest absolute Gasteiger partial charge is 0.339 e. The van der Waals surface area contributed by atoms with Gasteiger partial charge in [0.05, 0.1) is 22.6 Å². The van der Waals surface area contributed by atoms with Crippen LogP contribution < -0.4 is 5.32 Å². The first kappa shape index (κ1) is 29.7. The molecule has 0 radical (unpaired) electrons. The number of nitrogens with zero attached hydrogens (tertiary/aromatic N) is 5. The lowest BCUT2D eigenvalue weighted by Gasteiger charge is -2.30. The number of carbonyl (C=O) groups excluding carboxylic acids is 2. The summed E-state index contributed by atoms with van der Waals surface area (Å²) in [5.74, 6) is -0.468. The van der Waals surface area contributed by atoms with Crippen LogP contribution in [0, 0.1) is 22.7 Å². The van der Waals surface area contributed by atoms with Crippen LogP contribution in [0.1, 0.15) is 70.7 Å². The number of fused-ring (bicyclic) bond motifs is 1. The highest BCUT2D eigenvalue weighted by Gasteiger charge is 2.32. The molecule has 2 amide bonds. The second-order valence-electron chi connectivity index (χ2n) is 10.2. The van der Waals surface area contributed by atoms with Crippen molar-refractivity contribution < 1.29 is 18.0 Å². The number of rotatable bonds is 10. The van der Waals surface area contributed by atoms with Crippen molar-refractivity contribution in [1.29, 1.82) is 10.5 Å². The van der Waals surface area contributed by atoms with Crippen molar-refractivity contribution in [1.82, 2.24) is 14.1 Å². The van der Waals surface area contributed by atoms with Crippen LogP contribution in [0.25, 0.3) is 0 Å². The van der Waals surface area contributed by atoms with E-state index in [0.717, 1.165) is 47.1 Å². The summed E-state index contributed by atoms with van der Waals surface area (Å²) < 4.78 is 27.3. The van der Waals surface area contributed by atoms with E-state index in [4.69, 9.17) is 10.5 Å². The fourth-order valence-electron chi connectivity index (χ4n) is 5.06. The number of carbonyl (C=O) groups is 2. The molecule has 2 aromatic rings. The van der Waals surface area contributed by atoms with Crippen LogP contribution in [-0.2, 0) is 23.0 Å². The number of anilines is 1. The van der Waals surface area contributed by atoms with Gasteiger partial charge >= 0.3 is 0 Å². The molecule has 2 aliphatic heterocycles. The first-order valence-corrected chi connectivity index (χ1v) is 15.8. The van der Waals surface area contributed by atoms with Gasteiger partial charge in [0.1, 0.15) is 5.00 Å². The highest BCUT2D eigenvalue weighted by molar-refractivity contribution is 7.89. The summed E-state index contributed by atoms with van der Waals surface area (Å²) in [6.07, 6.45) is 2.70. The second kappa shape index (κ2) is 12.9. The first-order chi connectivity index (χ1) is 19.2. The topological polar surface area (TPSA) is 138 Å². The summed E-state index contributed by atoms with van der Waals surface area (Å²) >= 11 is 1.44. The Kier molecular flexibility index (Phi) is 9.59. The summed E-state index contributed by atoms with van der Waals surface area (Å²) in [6, 6.07) is 9.81. The highest BCUT2D eigenvalue weighted by atomic mass is 32.2. The van der Waals surface area contributed by atoms with Crippen LogP contribution >= 0.6 is 11.3 Å².